The van der Waals surface area contributed by atoms with E-state index in [0.29, 0.717) is 0 Å². The number of hydrogen-bond donors (Lipinski definition) is 3. The number of benzene rings is 3. The standard InChI is InChI=1S/C28H26N4O2/c1-29-16-18-5-3-17(4-6-18)7-11-24-21-10-8-19(13-26(21)32-31-24)23-15-28(23)22-14-20(34-2)9-12-25(22)30-27(28)33/h3-14,23,29H,15-16H2,1-2H3,(H,30,33)(H,31,32)/b11-7+/t23?,28-/m0/s1. The van der Waals surface area contributed by atoms with E-state index in [9.17, 15) is 4.79 Å². The van der Waals surface area contributed by atoms with Gasteiger partial charge in [-0.3, -0.25) is 9.89 Å². The minimum absolute atomic E-state index is 0.0785. The normalized spacial score (nSPS) is 20.8. The number of fused-ring (bicyclic) bond motifs is 3. The Morgan fingerprint density at radius 1 is 1.12 bits per heavy atom. The van der Waals surface area contributed by atoms with Crippen molar-refractivity contribution in [2.75, 3.05) is 19.5 Å². The quantitative estimate of drug-likeness (QED) is 0.393. The highest BCUT2D eigenvalue weighted by atomic mass is 16.5. The van der Waals surface area contributed by atoms with Gasteiger partial charge in [0.15, 0.2) is 0 Å². The fourth-order valence-electron chi connectivity index (χ4n) is 5.23. The number of anilines is 1. The number of H-pyrrole nitrogens is 1. The van der Waals surface area contributed by atoms with Crippen molar-refractivity contribution in [3.05, 3.63) is 88.6 Å². The summed E-state index contributed by atoms with van der Waals surface area (Å²) >= 11 is 0. The highest BCUT2D eigenvalue weighted by Gasteiger charge is 2.65. The van der Waals surface area contributed by atoms with Crippen molar-refractivity contribution >= 4 is 34.6 Å². The summed E-state index contributed by atoms with van der Waals surface area (Å²) in [6, 6.07) is 20.7. The number of ether oxygens (including phenoxy) is 1. The minimum Gasteiger partial charge on any atom is -0.497 e. The van der Waals surface area contributed by atoms with Crippen molar-refractivity contribution in [3.8, 4) is 5.75 Å². The third-order valence-electron chi connectivity index (χ3n) is 7.13. The number of hydrogen-bond acceptors (Lipinski definition) is 4. The first-order chi connectivity index (χ1) is 16.6. The molecule has 1 saturated carbocycles. The van der Waals surface area contributed by atoms with Gasteiger partial charge in [-0.05, 0) is 66.1 Å². The molecule has 170 valence electrons. The Kier molecular flexibility index (Phi) is 4.78. The second-order valence-electron chi connectivity index (χ2n) is 9.11. The maximum absolute atomic E-state index is 13.0. The highest BCUT2D eigenvalue weighted by Crippen LogP contribution is 2.65. The van der Waals surface area contributed by atoms with Crippen molar-refractivity contribution in [1.82, 2.24) is 15.5 Å². The molecule has 34 heavy (non-hydrogen) atoms. The molecule has 0 saturated heterocycles. The SMILES string of the molecule is CNCc1ccc(/C=C/c2n[nH]c3cc(C4C[C@@]45C(=O)Nc4ccc(OC)cc45)ccc23)cc1. The van der Waals surface area contributed by atoms with E-state index in [0.717, 1.165) is 57.7 Å². The number of amides is 1. The van der Waals surface area contributed by atoms with Crippen molar-refractivity contribution in [2.45, 2.75) is 24.3 Å². The molecule has 6 heteroatoms. The Morgan fingerprint density at radius 2 is 1.97 bits per heavy atom. The van der Waals surface area contributed by atoms with Crippen LogP contribution in [0.25, 0.3) is 23.1 Å². The molecular weight excluding hydrogens is 424 g/mol. The molecule has 1 fully saturated rings. The van der Waals surface area contributed by atoms with Crippen LogP contribution in [0.5, 0.6) is 5.75 Å². The number of carbonyl (C=O) groups excluding carboxylic acids is 1. The summed E-state index contributed by atoms with van der Waals surface area (Å²) in [5.41, 5.74) is 6.85. The van der Waals surface area contributed by atoms with Crippen LogP contribution in [0.4, 0.5) is 5.69 Å². The van der Waals surface area contributed by atoms with E-state index in [1.54, 1.807) is 7.11 Å². The lowest BCUT2D eigenvalue weighted by atomic mass is 9.91. The van der Waals surface area contributed by atoms with Crippen LogP contribution in [0, 0.1) is 0 Å². The molecule has 1 aliphatic heterocycles. The number of nitrogens with one attached hydrogen (secondary N) is 3. The van der Waals surface area contributed by atoms with E-state index in [-0.39, 0.29) is 11.8 Å². The lowest BCUT2D eigenvalue weighted by Gasteiger charge is -2.10. The summed E-state index contributed by atoms with van der Waals surface area (Å²) in [7, 11) is 3.60. The lowest BCUT2D eigenvalue weighted by Crippen LogP contribution is -2.21. The van der Waals surface area contributed by atoms with Gasteiger partial charge in [-0.2, -0.15) is 5.10 Å². The zero-order valence-electron chi connectivity index (χ0n) is 19.2. The molecule has 1 aromatic heterocycles. The number of nitrogens with zero attached hydrogens (tertiary/aromatic N) is 1. The van der Waals surface area contributed by atoms with E-state index in [2.05, 4.69) is 69.4 Å². The molecule has 2 heterocycles. The molecular formula is C28H26N4O2. The molecule has 1 amide bonds. The fraction of sp³-hybridized carbons (Fsp3) is 0.214. The van der Waals surface area contributed by atoms with Gasteiger partial charge in [-0.25, -0.2) is 0 Å². The van der Waals surface area contributed by atoms with Gasteiger partial charge >= 0.3 is 0 Å². The topological polar surface area (TPSA) is 79.0 Å². The summed E-state index contributed by atoms with van der Waals surface area (Å²) < 4.78 is 5.41. The monoisotopic (exact) mass is 450 g/mol. The zero-order chi connectivity index (χ0) is 23.3. The Balaban J connectivity index is 1.26. The van der Waals surface area contributed by atoms with Gasteiger partial charge in [0, 0.05) is 23.5 Å². The van der Waals surface area contributed by atoms with E-state index in [4.69, 9.17) is 4.74 Å². The van der Waals surface area contributed by atoms with Gasteiger partial charge in [0.2, 0.25) is 5.91 Å². The van der Waals surface area contributed by atoms with Crippen molar-refractivity contribution in [3.63, 3.8) is 0 Å². The molecule has 6 rings (SSSR count). The van der Waals surface area contributed by atoms with Gasteiger partial charge in [0.25, 0.3) is 0 Å². The van der Waals surface area contributed by atoms with Crippen LogP contribution in [0.3, 0.4) is 0 Å². The number of rotatable bonds is 6. The Labute approximate surface area is 198 Å². The van der Waals surface area contributed by atoms with Gasteiger partial charge in [-0.1, -0.05) is 42.5 Å². The Hall–Kier alpha value is -3.90. The van der Waals surface area contributed by atoms with Gasteiger partial charge < -0.3 is 15.4 Å². The molecule has 0 radical (unpaired) electrons. The molecule has 4 aromatic rings. The predicted octanol–water partition coefficient (Wildman–Crippen LogP) is 4.84. The van der Waals surface area contributed by atoms with Crippen molar-refractivity contribution in [2.24, 2.45) is 0 Å². The number of carbonyl (C=O) groups is 1. The molecule has 3 aromatic carbocycles. The zero-order valence-corrected chi connectivity index (χ0v) is 19.2. The van der Waals surface area contributed by atoms with Crippen LogP contribution in [0.15, 0.2) is 60.7 Å². The summed E-state index contributed by atoms with van der Waals surface area (Å²) in [4.78, 5) is 13.0. The van der Waals surface area contributed by atoms with Crippen molar-refractivity contribution < 1.29 is 9.53 Å². The number of aromatic nitrogens is 2. The van der Waals surface area contributed by atoms with Crippen molar-refractivity contribution in [1.29, 1.82) is 0 Å². The van der Waals surface area contributed by atoms with Crippen LogP contribution in [0.1, 0.15) is 40.3 Å². The van der Waals surface area contributed by atoms with Crippen LogP contribution >= 0.6 is 0 Å². The minimum atomic E-state index is -0.500. The summed E-state index contributed by atoms with van der Waals surface area (Å²) in [6.45, 7) is 0.861. The first-order valence-electron chi connectivity index (χ1n) is 11.5. The van der Waals surface area contributed by atoms with E-state index < -0.39 is 5.41 Å². The van der Waals surface area contributed by atoms with Crippen LogP contribution < -0.4 is 15.4 Å². The molecule has 0 bridgehead atoms. The Morgan fingerprint density at radius 3 is 2.76 bits per heavy atom. The highest BCUT2D eigenvalue weighted by molar-refractivity contribution is 6.10. The summed E-state index contributed by atoms with van der Waals surface area (Å²) in [5.74, 6) is 0.996. The third kappa shape index (κ3) is 3.22. The smallest absolute Gasteiger partial charge is 0.235 e. The van der Waals surface area contributed by atoms with Crippen LogP contribution in [-0.2, 0) is 16.8 Å². The molecule has 3 N–H and O–H groups in total. The molecule has 2 aliphatic rings. The van der Waals surface area contributed by atoms with Crippen LogP contribution in [0.2, 0.25) is 0 Å². The first kappa shape index (κ1) is 20.7. The van der Waals surface area contributed by atoms with E-state index >= 15 is 0 Å². The van der Waals surface area contributed by atoms with E-state index in [1.165, 1.54) is 5.56 Å². The molecule has 1 spiro atoms. The second kappa shape index (κ2) is 7.85. The average Bonchev–Trinajstić information content (AvgIpc) is 3.40. The largest absolute Gasteiger partial charge is 0.497 e. The van der Waals surface area contributed by atoms with Gasteiger partial charge in [0.1, 0.15) is 5.75 Å². The van der Waals surface area contributed by atoms with Gasteiger partial charge in [-0.15, -0.1) is 0 Å². The summed E-state index contributed by atoms with van der Waals surface area (Å²) in [6.07, 6.45) is 4.92. The average molecular weight is 451 g/mol. The van der Waals surface area contributed by atoms with E-state index in [1.807, 2.05) is 31.3 Å². The van der Waals surface area contributed by atoms with Crippen LogP contribution in [-0.4, -0.2) is 30.3 Å². The fourth-order valence-corrected chi connectivity index (χ4v) is 5.23. The first-order valence-corrected chi connectivity index (χ1v) is 11.5. The third-order valence-corrected chi connectivity index (χ3v) is 7.13. The maximum Gasteiger partial charge on any atom is 0.235 e. The molecule has 1 aliphatic carbocycles. The molecule has 6 nitrogen and oxygen atoms in total. The maximum atomic E-state index is 13.0. The lowest BCUT2D eigenvalue weighted by molar-refractivity contribution is -0.118. The number of methoxy groups -OCH3 is 1. The molecule has 1 unspecified atom stereocenters. The number of aromatic amines is 1. The molecule has 2 atom stereocenters. The van der Waals surface area contributed by atoms with Gasteiger partial charge in [0.05, 0.1) is 23.7 Å². The predicted molar refractivity (Wildman–Crippen MR) is 135 cm³/mol. The summed E-state index contributed by atoms with van der Waals surface area (Å²) in [5, 5.41) is 15.0. The second-order valence-corrected chi connectivity index (χ2v) is 9.11. The Bertz CT molecular complexity index is 1440.